The van der Waals surface area contributed by atoms with Crippen molar-refractivity contribution >= 4 is 44.0 Å². The van der Waals surface area contributed by atoms with E-state index in [4.69, 9.17) is 4.74 Å². The number of hydrogen-bond donors (Lipinski definition) is 2. The lowest BCUT2D eigenvalue weighted by Crippen LogP contribution is -2.19. The van der Waals surface area contributed by atoms with Crippen LogP contribution in [0, 0.1) is 0 Å². The van der Waals surface area contributed by atoms with E-state index in [1.54, 1.807) is 17.6 Å². The number of hydrogen-bond acceptors (Lipinski definition) is 5. The average molecular weight is 382 g/mol. The number of ether oxygens (including phenoxy) is 1. The number of benzene rings is 1. The van der Waals surface area contributed by atoms with Gasteiger partial charge in [-0.25, -0.2) is 9.78 Å². The van der Waals surface area contributed by atoms with E-state index in [1.807, 2.05) is 12.1 Å². The molecule has 0 spiro atoms. The third-order valence-electron chi connectivity index (χ3n) is 3.49. The van der Waals surface area contributed by atoms with Crippen LogP contribution >= 0.6 is 27.3 Å². The number of thiazole rings is 1. The molecule has 0 aliphatic heterocycles. The Hall–Kier alpha value is -1.60. The molecule has 1 heterocycles. The molecule has 1 amide bonds. The number of halogens is 1. The van der Waals surface area contributed by atoms with Gasteiger partial charge in [-0.15, -0.1) is 11.3 Å². The van der Waals surface area contributed by atoms with Crippen LogP contribution in [-0.4, -0.2) is 17.1 Å². The van der Waals surface area contributed by atoms with Crippen LogP contribution in [0.3, 0.4) is 0 Å². The molecule has 1 aliphatic carbocycles. The fourth-order valence-corrected chi connectivity index (χ4v) is 3.54. The molecule has 1 aromatic carbocycles. The second-order valence-corrected chi connectivity index (χ2v) is 6.91. The summed E-state index contributed by atoms with van der Waals surface area (Å²) in [6.45, 7) is 0. The van der Waals surface area contributed by atoms with Crippen LogP contribution in [0.15, 0.2) is 34.2 Å². The monoisotopic (exact) mass is 381 g/mol. The highest BCUT2D eigenvalue weighted by Gasteiger charge is 2.19. The van der Waals surface area contributed by atoms with Crippen LogP contribution in [0.2, 0.25) is 0 Å². The maximum atomic E-state index is 12.0. The van der Waals surface area contributed by atoms with Crippen molar-refractivity contribution in [3.8, 4) is 5.88 Å². The molecule has 0 bridgehead atoms. The maximum absolute atomic E-state index is 12.0. The van der Waals surface area contributed by atoms with E-state index in [9.17, 15) is 4.79 Å². The fraction of sp³-hybridized carbons (Fsp3) is 0.333. The summed E-state index contributed by atoms with van der Waals surface area (Å²) in [4.78, 5) is 16.1. The maximum Gasteiger partial charge on any atom is 0.418 e. The van der Waals surface area contributed by atoms with Gasteiger partial charge in [-0.3, -0.25) is 5.32 Å². The first-order chi connectivity index (χ1) is 10.7. The van der Waals surface area contributed by atoms with E-state index in [-0.39, 0.29) is 0 Å². The van der Waals surface area contributed by atoms with Crippen LogP contribution in [0.1, 0.15) is 25.7 Å². The van der Waals surface area contributed by atoms with Crippen molar-refractivity contribution in [1.29, 1.82) is 0 Å². The highest BCUT2D eigenvalue weighted by Crippen LogP contribution is 2.31. The van der Waals surface area contributed by atoms with Crippen molar-refractivity contribution in [2.45, 2.75) is 31.7 Å². The normalized spacial score (nSPS) is 14.8. The average Bonchev–Trinajstić information content (AvgIpc) is 3.12. The van der Waals surface area contributed by atoms with Gasteiger partial charge in [0, 0.05) is 16.2 Å². The number of aromatic nitrogens is 1. The standard InChI is InChI=1S/C15H16BrN3O2S/c16-10-4-3-7-12(8-10)19-15(20)21-13-14(22-9-17-13)18-11-5-1-2-6-11/h3-4,7-9,11,18H,1-2,5-6H2,(H,19,20). The summed E-state index contributed by atoms with van der Waals surface area (Å²) in [5.41, 5.74) is 2.35. The molecule has 0 unspecified atom stereocenters. The largest absolute Gasteiger partial charge is 0.418 e. The van der Waals surface area contributed by atoms with Gasteiger partial charge in [0.05, 0.1) is 5.51 Å². The second kappa shape index (κ2) is 7.11. The molecule has 116 valence electrons. The second-order valence-electron chi connectivity index (χ2n) is 5.14. The summed E-state index contributed by atoms with van der Waals surface area (Å²) in [6, 6.07) is 7.79. The molecule has 1 fully saturated rings. The number of carbonyl (C=O) groups excluding carboxylic acids is 1. The minimum Gasteiger partial charge on any atom is -0.388 e. The zero-order valence-electron chi connectivity index (χ0n) is 11.8. The highest BCUT2D eigenvalue weighted by molar-refractivity contribution is 9.10. The summed E-state index contributed by atoms with van der Waals surface area (Å²) < 4.78 is 6.20. The summed E-state index contributed by atoms with van der Waals surface area (Å²) in [6.07, 6.45) is 4.26. The van der Waals surface area contributed by atoms with Gasteiger partial charge in [-0.2, -0.15) is 0 Å². The van der Waals surface area contributed by atoms with E-state index >= 15 is 0 Å². The van der Waals surface area contributed by atoms with Crippen molar-refractivity contribution in [3.63, 3.8) is 0 Å². The number of nitrogens with zero attached hydrogens (tertiary/aromatic N) is 1. The Morgan fingerprint density at radius 3 is 2.95 bits per heavy atom. The first-order valence-corrected chi connectivity index (χ1v) is 8.82. The zero-order chi connectivity index (χ0) is 15.4. The number of rotatable bonds is 4. The summed E-state index contributed by atoms with van der Waals surface area (Å²) in [5.74, 6) is 0.337. The van der Waals surface area contributed by atoms with E-state index in [0.29, 0.717) is 17.6 Å². The fourth-order valence-electron chi connectivity index (χ4n) is 2.46. The molecule has 0 atom stereocenters. The van der Waals surface area contributed by atoms with Gasteiger partial charge < -0.3 is 10.1 Å². The molecule has 0 radical (unpaired) electrons. The Morgan fingerprint density at radius 1 is 1.36 bits per heavy atom. The van der Waals surface area contributed by atoms with Crippen molar-refractivity contribution in [1.82, 2.24) is 4.98 Å². The molecule has 5 nitrogen and oxygen atoms in total. The SMILES string of the molecule is O=C(Nc1cccc(Br)c1)Oc1ncsc1NC1CCCC1. The Morgan fingerprint density at radius 2 is 2.18 bits per heavy atom. The van der Waals surface area contributed by atoms with Crippen LogP contribution < -0.4 is 15.4 Å². The molecule has 0 saturated heterocycles. The van der Waals surface area contributed by atoms with Gasteiger partial charge in [0.2, 0.25) is 0 Å². The molecule has 1 saturated carbocycles. The van der Waals surface area contributed by atoms with Crippen molar-refractivity contribution in [2.75, 3.05) is 10.6 Å². The lowest BCUT2D eigenvalue weighted by Gasteiger charge is -2.12. The Bertz CT molecular complexity index is 656. The lowest BCUT2D eigenvalue weighted by atomic mass is 10.2. The summed E-state index contributed by atoms with van der Waals surface area (Å²) in [5, 5.41) is 6.91. The molecule has 2 N–H and O–H groups in total. The predicted molar refractivity (Wildman–Crippen MR) is 91.8 cm³/mol. The summed E-state index contributed by atoms with van der Waals surface area (Å²) in [7, 11) is 0. The first-order valence-electron chi connectivity index (χ1n) is 7.15. The zero-order valence-corrected chi connectivity index (χ0v) is 14.2. The van der Waals surface area contributed by atoms with E-state index in [2.05, 4.69) is 31.5 Å². The van der Waals surface area contributed by atoms with Gasteiger partial charge in [0.1, 0.15) is 0 Å². The number of amides is 1. The van der Waals surface area contributed by atoms with Gasteiger partial charge in [-0.05, 0) is 31.0 Å². The third kappa shape index (κ3) is 3.98. The molecule has 2 aromatic rings. The van der Waals surface area contributed by atoms with Gasteiger partial charge in [0.15, 0.2) is 5.00 Å². The minimum atomic E-state index is -0.543. The van der Waals surface area contributed by atoms with Gasteiger partial charge in [0.25, 0.3) is 5.88 Å². The molecule has 1 aliphatic rings. The minimum absolute atomic E-state index is 0.337. The quantitative estimate of drug-likeness (QED) is 0.792. The Kier molecular flexibility index (Phi) is 4.94. The smallest absolute Gasteiger partial charge is 0.388 e. The van der Waals surface area contributed by atoms with Crippen molar-refractivity contribution in [2.24, 2.45) is 0 Å². The highest BCUT2D eigenvalue weighted by atomic mass is 79.9. The number of carbonyl (C=O) groups is 1. The molecule has 1 aromatic heterocycles. The third-order valence-corrected chi connectivity index (χ3v) is 4.72. The van der Waals surface area contributed by atoms with Crippen LogP contribution in [0.5, 0.6) is 5.88 Å². The molecule has 3 rings (SSSR count). The van der Waals surface area contributed by atoms with Crippen molar-refractivity contribution < 1.29 is 9.53 Å². The molecule has 22 heavy (non-hydrogen) atoms. The lowest BCUT2D eigenvalue weighted by molar-refractivity contribution is 0.214. The topological polar surface area (TPSA) is 63.2 Å². The Balaban J connectivity index is 1.60. The van der Waals surface area contributed by atoms with Crippen LogP contribution in [0.4, 0.5) is 15.5 Å². The predicted octanol–water partition coefficient (Wildman–Crippen LogP) is 4.87. The van der Waals surface area contributed by atoms with Crippen molar-refractivity contribution in [3.05, 3.63) is 34.2 Å². The van der Waals surface area contributed by atoms with Crippen LogP contribution in [-0.2, 0) is 0 Å². The Labute approximate surface area is 141 Å². The first kappa shape index (κ1) is 15.3. The number of anilines is 2. The van der Waals surface area contributed by atoms with Gasteiger partial charge >= 0.3 is 6.09 Å². The van der Waals surface area contributed by atoms with E-state index < -0.39 is 6.09 Å². The van der Waals surface area contributed by atoms with E-state index in [1.165, 1.54) is 24.2 Å². The van der Waals surface area contributed by atoms with Crippen LogP contribution in [0.25, 0.3) is 0 Å². The molecular weight excluding hydrogens is 366 g/mol. The van der Waals surface area contributed by atoms with Gasteiger partial charge in [-0.1, -0.05) is 34.8 Å². The number of nitrogens with one attached hydrogen (secondary N) is 2. The molecule has 7 heteroatoms. The van der Waals surface area contributed by atoms with E-state index in [0.717, 1.165) is 22.3 Å². The molecular formula is C15H16BrN3O2S. The summed E-state index contributed by atoms with van der Waals surface area (Å²) >= 11 is 4.81.